The van der Waals surface area contributed by atoms with E-state index >= 15 is 0 Å². The van der Waals surface area contributed by atoms with Crippen LogP contribution in [0.2, 0.25) is 0 Å². The van der Waals surface area contributed by atoms with Crippen LogP contribution in [0.4, 0.5) is 4.39 Å². The largest absolute Gasteiger partial charge is 0.279 e. The number of hydroxylamine groups is 1. The van der Waals surface area contributed by atoms with Gasteiger partial charge in [0.1, 0.15) is 5.82 Å². The summed E-state index contributed by atoms with van der Waals surface area (Å²) in [6.07, 6.45) is 0. The Balaban J connectivity index is 2.39. The molecular formula is C16H16FNO. The van der Waals surface area contributed by atoms with Gasteiger partial charge in [0.05, 0.1) is 12.8 Å². The minimum atomic E-state index is -0.324. The third kappa shape index (κ3) is 2.83. The topological polar surface area (TPSA) is 21.3 Å². The van der Waals surface area contributed by atoms with Crippen molar-refractivity contribution in [1.82, 2.24) is 5.48 Å². The molecule has 0 amide bonds. The van der Waals surface area contributed by atoms with Gasteiger partial charge in [0.15, 0.2) is 0 Å². The van der Waals surface area contributed by atoms with E-state index in [2.05, 4.69) is 12.1 Å². The maximum absolute atomic E-state index is 14.1. The number of rotatable bonds is 4. The molecule has 0 aromatic heterocycles. The van der Waals surface area contributed by atoms with E-state index in [-0.39, 0.29) is 5.82 Å². The van der Waals surface area contributed by atoms with E-state index in [1.54, 1.807) is 6.07 Å². The van der Waals surface area contributed by atoms with Gasteiger partial charge in [-0.05, 0) is 35.7 Å². The maximum Gasteiger partial charge on any atom is 0.133 e. The van der Waals surface area contributed by atoms with Crippen molar-refractivity contribution < 1.29 is 9.23 Å². The van der Waals surface area contributed by atoms with E-state index in [4.69, 9.17) is 4.84 Å². The molecule has 1 N–H and O–H groups in total. The van der Waals surface area contributed by atoms with E-state index in [9.17, 15) is 4.39 Å². The van der Waals surface area contributed by atoms with E-state index in [0.29, 0.717) is 11.3 Å². The molecule has 2 nitrogen and oxygen atoms in total. The molecule has 0 saturated heterocycles. The summed E-state index contributed by atoms with van der Waals surface area (Å²) in [5, 5.41) is 0. The molecule has 0 aliphatic heterocycles. The lowest BCUT2D eigenvalue weighted by Gasteiger charge is -2.11. The van der Waals surface area contributed by atoms with E-state index in [1.807, 2.05) is 37.3 Å². The molecule has 0 radical (unpaired) electrons. The van der Waals surface area contributed by atoms with Gasteiger partial charge in [0, 0.05) is 5.56 Å². The fourth-order valence-corrected chi connectivity index (χ4v) is 2.00. The summed E-state index contributed by atoms with van der Waals surface area (Å²) in [6.45, 7) is 5.73. The van der Waals surface area contributed by atoms with Crippen molar-refractivity contribution in [3.8, 4) is 11.1 Å². The first-order valence-corrected chi connectivity index (χ1v) is 5.97. The molecule has 0 fully saturated rings. The lowest BCUT2D eigenvalue weighted by Crippen LogP contribution is -2.10. The smallest absolute Gasteiger partial charge is 0.133 e. The second kappa shape index (κ2) is 5.67. The quantitative estimate of drug-likeness (QED) is 0.838. The number of halogens is 1. The van der Waals surface area contributed by atoms with Crippen LogP contribution in [0.1, 0.15) is 11.1 Å². The SMILES string of the molecule is C=C(NOC)c1ccc(-c2ccccc2C)cc1F. The Morgan fingerprint density at radius 1 is 1.21 bits per heavy atom. The number of hydrogen-bond acceptors (Lipinski definition) is 2. The highest BCUT2D eigenvalue weighted by atomic mass is 19.1. The van der Waals surface area contributed by atoms with Crippen LogP contribution < -0.4 is 5.48 Å². The van der Waals surface area contributed by atoms with Crippen LogP contribution in [0.15, 0.2) is 49.0 Å². The minimum Gasteiger partial charge on any atom is -0.279 e. The predicted octanol–water partition coefficient (Wildman–Crippen LogP) is 3.92. The van der Waals surface area contributed by atoms with Gasteiger partial charge in [0.25, 0.3) is 0 Å². The molecule has 0 spiro atoms. The molecular weight excluding hydrogens is 241 g/mol. The van der Waals surface area contributed by atoms with Crippen LogP contribution in [0.3, 0.4) is 0 Å². The Kier molecular flexibility index (Phi) is 3.97. The van der Waals surface area contributed by atoms with E-state index in [0.717, 1.165) is 16.7 Å². The summed E-state index contributed by atoms with van der Waals surface area (Å²) >= 11 is 0. The van der Waals surface area contributed by atoms with E-state index in [1.165, 1.54) is 13.2 Å². The third-order valence-electron chi connectivity index (χ3n) is 2.98. The summed E-state index contributed by atoms with van der Waals surface area (Å²) in [7, 11) is 1.46. The second-order valence-corrected chi connectivity index (χ2v) is 4.29. The van der Waals surface area contributed by atoms with Crippen LogP contribution in [0.25, 0.3) is 16.8 Å². The molecule has 0 unspecified atom stereocenters. The summed E-state index contributed by atoms with van der Waals surface area (Å²) in [5.74, 6) is -0.324. The average molecular weight is 257 g/mol. The van der Waals surface area contributed by atoms with Gasteiger partial charge in [0.2, 0.25) is 0 Å². The lowest BCUT2D eigenvalue weighted by atomic mass is 9.99. The third-order valence-corrected chi connectivity index (χ3v) is 2.98. The molecule has 0 heterocycles. The van der Waals surface area contributed by atoms with Crippen LogP contribution >= 0.6 is 0 Å². The zero-order valence-electron chi connectivity index (χ0n) is 11.0. The van der Waals surface area contributed by atoms with Crippen LogP contribution in [-0.4, -0.2) is 7.11 Å². The summed E-state index contributed by atoms with van der Waals surface area (Å²) in [5.41, 5.74) is 6.33. The molecule has 0 aliphatic carbocycles. The van der Waals surface area contributed by atoms with Gasteiger partial charge >= 0.3 is 0 Å². The molecule has 3 heteroatoms. The number of benzene rings is 2. The molecule has 0 bridgehead atoms. The zero-order valence-corrected chi connectivity index (χ0v) is 11.0. The van der Waals surface area contributed by atoms with Crippen molar-refractivity contribution in [3.05, 3.63) is 66.0 Å². The van der Waals surface area contributed by atoms with Gasteiger partial charge in [-0.2, -0.15) is 0 Å². The number of hydrogen-bond donors (Lipinski definition) is 1. The van der Waals surface area contributed by atoms with Gasteiger partial charge in [-0.15, -0.1) is 0 Å². The first-order valence-electron chi connectivity index (χ1n) is 5.97. The van der Waals surface area contributed by atoms with Crippen LogP contribution in [0, 0.1) is 12.7 Å². The molecule has 2 aromatic carbocycles. The summed E-state index contributed by atoms with van der Waals surface area (Å²) in [4.78, 5) is 4.73. The Morgan fingerprint density at radius 3 is 2.58 bits per heavy atom. The molecule has 0 atom stereocenters. The molecule has 19 heavy (non-hydrogen) atoms. The Morgan fingerprint density at radius 2 is 1.95 bits per heavy atom. The first-order chi connectivity index (χ1) is 9.13. The fourth-order valence-electron chi connectivity index (χ4n) is 2.00. The normalized spacial score (nSPS) is 10.3. The highest BCUT2D eigenvalue weighted by Crippen LogP contribution is 2.26. The average Bonchev–Trinajstić information content (AvgIpc) is 2.39. The highest BCUT2D eigenvalue weighted by molar-refractivity contribution is 5.71. The van der Waals surface area contributed by atoms with Crippen molar-refractivity contribution >= 4 is 5.70 Å². The minimum absolute atomic E-state index is 0.324. The van der Waals surface area contributed by atoms with Gasteiger partial charge in [-0.3, -0.25) is 10.3 Å². The Bertz CT molecular complexity index is 607. The van der Waals surface area contributed by atoms with Gasteiger partial charge < -0.3 is 0 Å². The van der Waals surface area contributed by atoms with Crippen molar-refractivity contribution in [1.29, 1.82) is 0 Å². The van der Waals surface area contributed by atoms with Crippen LogP contribution in [0.5, 0.6) is 0 Å². The first kappa shape index (κ1) is 13.3. The lowest BCUT2D eigenvalue weighted by molar-refractivity contribution is 0.136. The van der Waals surface area contributed by atoms with Gasteiger partial charge in [-0.25, -0.2) is 4.39 Å². The monoisotopic (exact) mass is 257 g/mol. The second-order valence-electron chi connectivity index (χ2n) is 4.29. The fraction of sp³-hybridized carbons (Fsp3) is 0.125. The standard InChI is InChI=1S/C16H16FNO/c1-11-6-4-5-7-14(11)13-8-9-15(16(17)10-13)12(2)18-19-3/h4-10,18H,2H2,1,3H3. The highest BCUT2D eigenvalue weighted by Gasteiger charge is 2.09. The number of nitrogens with one attached hydrogen (secondary N) is 1. The van der Waals surface area contributed by atoms with Crippen molar-refractivity contribution in [2.45, 2.75) is 6.92 Å². The molecule has 2 rings (SSSR count). The number of aryl methyl sites for hydroxylation is 1. The van der Waals surface area contributed by atoms with Crippen molar-refractivity contribution in [2.75, 3.05) is 7.11 Å². The summed E-state index contributed by atoms with van der Waals surface area (Å²) in [6, 6.07) is 13.0. The molecule has 2 aromatic rings. The van der Waals surface area contributed by atoms with Crippen LogP contribution in [-0.2, 0) is 4.84 Å². The van der Waals surface area contributed by atoms with Crippen molar-refractivity contribution in [2.24, 2.45) is 0 Å². The zero-order chi connectivity index (χ0) is 13.8. The Labute approximate surface area is 112 Å². The van der Waals surface area contributed by atoms with Gasteiger partial charge in [-0.1, -0.05) is 36.9 Å². The van der Waals surface area contributed by atoms with E-state index < -0.39 is 0 Å². The summed E-state index contributed by atoms with van der Waals surface area (Å²) < 4.78 is 14.1. The molecule has 0 saturated carbocycles. The molecule has 0 aliphatic rings. The Hall–Kier alpha value is -2.13. The molecule has 98 valence electrons. The maximum atomic E-state index is 14.1. The van der Waals surface area contributed by atoms with Crippen molar-refractivity contribution in [3.63, 3.8) is 0 Å². The predicted molar refractivity (Wildman–Crippen MR) is 75.8 cm³/mol.